The summed E-state index contributed by atoms with van der Waals surface area (Å²) in [5, 5.41) is 0. The van der Waals surface area contributed by atoms with E-state index in [0.29, 0.717) is 18.5 Å². The molecule has 0 bridgehead atoms. The predicted molar refractivity (Wildman–Crippen MR) is 107 cm³/mol. The number of hydrogen-bond acceptors (Lipinski definition) is 5. The third-order valence-corrected chi connectivity index (χ3v) is 6.33. The number of nitrogens with one attached hydrogen (secondary N) is 1. The highest BCUT2D eigenvalue weighted by molar-refractivity contribution is 5.93. The van der Waals surface area contributed by atoms with Gasteiger partial charge in [0.15, 0.2) is 0 Å². The second-order valence-electron chi connectivity index (χ2n) is 8.18. The second kappa shape index (κ2) is 8.31. The lowest BCUT2D eigenvalue weighted by Crippen LogP contribution is -2.52. The van der Waals surface area contributed by atoms with Crippen LogP contribution in [0.4, 0.5) is 0 Å². The first-order valence-corrected chi connectivity index (χ1v) is 10.4. The van der Waals surface area contributed by atoms with Gasteiger partial charge in [-0.15, -0.1) is 0 Å². The van der Waals surface area contributed by atoms with Gasteiger partial charge in [-0.3, -0.25) is 9.59 Å². The Morgan fingerprint density at radius 1 is 1.17 bits per heavy atom. The maximum Gasteiger partial charge on any atom is 0.256 e. The van der Waals surface area contributed by atoms with Gasteiger partial charge in [0.2, 0.25) is 5.91 Å². The Morgan fingerprint density at radius 3 is 2.59 bits per heavy atom. The molecular weight excluding hydrogens is 368 g/mol. The molecule has 0 unspecified atom stereocenters. The summed E-state index contributed by atoms with van der Waals surface area (Å²) in [6.07, 6.45) is 11.7. The van der Waals surface area contributed by atoms with E-state index < -0.39 is 0 Å². The summed E-state index contributed by atoms with van der Waals surface area (Å²) in [4.78, 5) is 44.7. The predicted octanol–water partition coefficient (Wildman–Crippen LogP) is 1.85. The van der Waals surface area contributed by atoms with Crippen LogP contribution < -0.4 is 0 Å². The van der Waals surface area contributed by atoms with Crippen LogP contribution in [-0.2, 0) is 17.6 Å². The van der Waals surface area contributed by atoms with E-state index in [-0.39, 0.29) is 17.2 Å². The van der Waals surface area contributed by atoms with Gasteiger partial charge in [0.1, 0.15) is 5.82 Å². The average Bonchev–Trinajstić information content (AvgIpc) is 3.28. The van der Waals surface area contributed by atoms with Gasteiger partial charge in [-0.1, -0.05) is 6.92 Å². The number of aryl methyl sites for hydroxylation is 1. The van der Waals surface area contributed by atoms with Crippen LogP contribution in [0.15, 0.2) is 24.9 Å². The summed E-state index contributed by atoms with van der Waals surface area (Å²) in [5.74, 6) is 0.994. The molecule has 0 aliphatic carbocycles. The topological polar surface area (TPSA) is 95.1 Å². The Hall–Kier alpha value is -2.77. The fraction of sp³-hybridized carbons (Fsp3) is 0.571. The molecule has 4 rings (SSSR count). The minimum atomic E-state index is 0.00508. The number of rotatable bonds is 5. The van der Waals surface area contributed by atoms with E-state index >= 15 is 0 Å². The number of carbonyl (C=O) groups excluding carboxylic acids is 2. The standard InChI is InChI=1S/C21H28N6O2/c1-2-18-23-11-16(12-24-18)20(29)26-9-6-21(7-10-26)5-3-19(28)27(14-21)8-4-17-13-22-15-25-17/h11-13,15H,2-10,14H2,1H3,(H,22,25). The highest BCUT2D eigenvalue weighted by Crippen LogP contribution is 2.40. The first-order valence-electron chi connectivity index (χ1n) is 10.4. The Labute approximate surface area is 170 Å². The number of hydrogen-bond donors (Lipinski definition) is 1. The van der Waals surface area contributed by atoms with E-state index in [9.17, 15) is 9.59 Å². The third kappa shape index (κ3) is 4.31. The monoisotopic (exact) mass is 396 g/mol. The van der Waals surface area contributed by atoms with Crippen molar-refractivity contribution in [2.45, 2.75) is 45.4 Å². The van der Waals surface area contributed by atoms with Crippen LogP contribution in [-0.4, -0.2) is 67.7 Å². The molecule has 8 nitrogen and oxygen atoms in total. The minimum Gasteiger partial charge on any atom is -0.348 e. The largest absolute Gasteiger partial charge is 0.348 e. The highest BCUT2D eigenvalue weighted by atomic mass is 16.2. The number of aromatic amines is 1. The molecule has 0 saturated carbocycles. The van der Waals surface area contributed by atoms with Crippen molar-refractivity contribution in [1.82, 2.24) is 29.7 Å². The molecule has 154 valence electrons. The van der Waals surface area contributed by atoms with Crippen molar-refractivity contribution < 1.29 is 9.59 Å². The van der Waals surface area contributed by atoms with Crippen LogP contribution in [0.3, 0.4) is 0 Å². The first kappa shape index (κ1) is 19.5. The lowest BCUT2D eigenvalue weighted by Gasteiger charge is -2.47. The number of amides is 2. The molecule has 2 aliphatic heterocycles. The zero-order valence-corrected chi connectivity index (χ0v) is 16.9. The summed E-state index contributed by atoms with van der Waals surface area (Å²) in [6, 6.07) is 0. The number of carbonyl (C=O) groups is 2. The first-order chi connectivity index (χ1) is 14.1. The van der Waals surface area contributed by atoms with E-state index in [0.717, 1.165) is 63.3 Å². The molecular formula is C21H28N6O2. The fourth-order valence-corrected chi connectivity index (χ4v) is 4.41. The van der Waals surface area contributed by atoms with E-state index in [1.54, 1.807) is 18.7 Å². The van der Waals surface area contributed by atoms with Gasteiger partial charge < -0.3 is 14.8 Å². The molecule has 0 radical (unpaired) electrons. The lowest BCUT2D eigenvalue weighted by atomic mass is 9.72. The Bertz CT molecular complexity index is 841. The third-order valence-electron chi connectivity index (χ3n) is 6.33. The van der Waals surface area contributed by atoms with Crippen molar-refractivity contribution in [3.8, 4) is 0 Å². The molecule has 1 spiro atoms. The van der Waals surface area contributed by atoms with Crippen molar-refractivity contribution in [3.63, 3.8) is 0 Å². The summed E-state index contributed by atoms with van der Waals surface area (Å²) < 4.78 is 0. The van der Waals surface area contributed by atoms with Crippen molar-refractivity contribution in [1.29, 1.82) is 0 Å². The second-order valence-corrected chi connectivity index (χ2v) is 8.18. The van der Waals surface area contributed by atoms with Crippen LogP contribution in [0.5, 0.6) is 0 Å². The SMILES string of the molecule is CCc1ncc(C(=O)N2CCC3(CCC(=O)N(CCc4cnc[nH]4)C3)CC2)cn1. The fourth-order valence-electron chi connectivity index (χ4n) is 4.41. The molecule has 2 saturated heterocycles. The molecule has 0 atom stereocenters. The number of piperidine rings is 2. The molecule has 1 N–H and O–H groups in total. The van der Waals surface area contributed by atoms with Gasteiger partial charge in [-0.05, 0) is 24.7 Å². The molecule has 2 amide bonds. The van der Waals surface area contributed by atoms with Crippen LogP contribution >= 0.6 is 0 Å². The van der Waals surface area contributed by atoms with Crippen LogP contribution in [0.25, 0.3) is 0 Å². The number of H-pyrrole nitrogens is 1. The molecule has 2 aromatic heterocycles. The smallest absolute Gasteiger partial charge is 0.256 e. The maximum atomic E-state index is 12.8. The number of imidazole rings is 1. The van der Waals surface area contributed by atoms with E-state index in [4.69, 9.17) is 0 Å². The van der Waals surface area contributed by atoms with Crippen LogP contribution in [0, 0.1) is 5.41 Å². The normalized spacial score (nSPS) is 19.0. The van der Waals surface area contributed by atoms with E-state index in [1.165, 1.54) is 0 Å². The van der Waals surface area contributed by atoms with E-state index in [1.807, 2.05) is 22.9 Å². The summed E-state index contributed by atoms with van der Waals surface area (Å²) in [6.45, 7) is 4.94. The maximum absolute atomic E-state index is 12.8. The number of likely N-dealkylation sites (tertiary alicyclic amines) is 2. The summed E-state index contributed by atoms with van der Waals surface area (Å²) in [5.41, 5.74) is 1.73. The lowest BCUT2D eigenvalue weighted by molar-refractivity contribution is -0.138. The Balaban J connectivity index is 1.34. The molecule has 2 aromatic rings. The van der Waals surface area contributed by atoms with Crippen LogP contribution in [0.2, 0.25) is 0 Å². The van der Waals surface area contributed by atoms with Gasteiger partial charge in [0.05, 0.1) is 11.9 Å². The van der Waals surface area contributed by atoms with Crippen LogP contribution in [0.1, 0.15) is 54.5 Å². The summed E-state index contributed by atoms with van der Waals surface area (Å²) >= 11 is 0. The molecule has 29 heavy (non-hydrogen) atoms. The van der Waals surface area contributed by atoms with Gasteiger partial charge >= 0.3 is 0 Å². The summed E-state index contributed by atoms with van der Waals surface area (Å²) in [7, 11) is 0. The van der Waals surface area contributed by atoms with Gasteiger partial charge in [0, 0.05) is 69.7 Å². The molecule has 4 heterocycles. The molecule has 0 aromatic carbocycles. The molecule has 2 fully saturated rings. The van der Waals surface area contributed by atoms with Gasteiger partial charge in [0.25, 0.3) is 5.91 Å². The zero-order valence-electron chi connectivity index (χ0n) is 16.9. The van der Waals surface area contributed by atoms with Crippen molar-refractivity contribution >= 4 is 11.8 Å². The number of nitrogens with zero attached hydrogens (tertiary/aromatic N) is 5. The molecule has 2 aliphatic rings. The average molecular weight is 396 g/mol. The number of aromatic nitrogens is 4. The van der Waals surface area contributed by atoms with Gasteiger partial charge in [-0.2, -0.15) is 0 Å². The Morgan fingerprint density at radius 2 is 1.93 bits per heavy atom. The van der Waals surface area contributed by atoms with Crippen molar-refractivity contribution in [3.05, 3.63) is 42.0 Å². The quantitative estimate of drug-likeness (QED) is 0.832. The van der Waals surface area contributed by atoms with Crippen molar-refractivity contribution in [2.75, 3.05) is 26.2 Å². The van der Waals surface area contributed by atoms with Gasteiger partial charge in [-0.25, -0.2) is 15.0 Å². The Kier molecular flexibility index (Phi) is 5.60. The van der Waals surface area contributed by atoms with Crippen molar-refractivity contribution in [2.24, 2.45) is 5.41 Å². The minimum absolute atomic E-state index is 0.00508. The van der Waals surface area contributed by atoms with E-state index in [2.05, 4.69) is 19.9 Å². The molecule has 8 heteroatoms. The zero-order chi connectivity index (χ0) is 20.3. The highest BCUT2D eigenvalue weighted by Gasteiger charge is 2.41.